The van der Waals surface area contributed by atoms with E-state index in [9.17, 15) is 9.59 Å². The monoisotopic (exact) mass is 434 g/mol. The standard InChI is InChI=1S/C23H22N4O3S/c1-4-30-17-9-10-19-20(13-17)31-23(24-19)25-22(29)15(3)27-21(28)12-11-18(26-27)16-7-5-14(2)6-8-16/h5-13,15H,4H2,1-3H3,(H,24,25,29)/t15-/m0/s1. The number of hydrogen-bond donors (Lipinski definition) is 1. The van der Waals surface area contributed by atoms with E-state index >= 15 is 0 Å². The lowest BCUT2D eigenvalue weighted by atomic mass is 10.1. The molecule has 8 heteroatoms. The summed E-state index contributed by atoms with van der Waals surface area (Å²) < 4.78 is 7.62. The number of benzene rings is 2. The van der Waals surface area contributed by atoms with Gasteiger partial charge in [-0.05, 0) is 45.0 Å². The van der Waals surface area contributed by atoms with Gasteiger partial charge in [0.05, 0.1) is 22.5 Å². The third-order valence-electron chi connectivity index (χ3n) is 4.82. The van der Waals surface area contributed by atoms with Crippen molar-refractivity contribution < 1.29 is 9.53 Å². The van der Waals surface area contributed by atoms with Crippen molar-refractivity contribution in [2.24, 2.45) is 0 Å². The van der Waals surface area contributed by atoms with Gasteiger partial charge in [0, 0.05) is 11.6 Å². The minimum Gasteiger partial charge on any atom is -0.494 e. The van der Waals surface area contributed by atoms with Crippen molar-refractivity contribution >= 4 is 32.6 Å². The molecule has 1 N–H and O–H groups in total. The van der Waals surface area contributed by atoms with Crippen LogP contribution in [0.15, 0.2) is 59.4 Å². The number of hydrogen-bond acceptors (Lipinski definition) is 6. The fourth-order valence-electron chi connectivity index (χ4n) is 3.12. The van der Waals surface area contributed by atoms with Crippen LogP contribution in [-0.2, 0) is 4.79 Å². The zero-order valence-electron chi connectivity index (χ0n) is 17.5. The third-order valence-corrected chi connectivity index (χ3v) is 5.75. The molecule has 1 atom stereocenters. The van der Waals surface area contributed by atoms with E-state index in [0.717, 1.165) is 27.1 Å². The molecular formula is C23H22N4O3S. The van der Waals surface area contributed by atoms with Crippen LogP contribution in [0.4, 0.5) is 5.13 Å². The molecule has 1 amide bonds. The molecule has 2 aromatic heterocycles. The Morgan fingerprint density at radius 3 is 2.68 bits per heavy atom. The summed E-state index contributed by atoms with van der Waals surface area (Å²) in [5.41, 5.74) is 3.07. The third kappa shape index (κ3) is 4.49. The first kappa shape index (κ1) is 20.7. The summed E-state index contributed by atoms with van der Waals surface area (Å²) in [6, 6.07) is 15.7. The van der Waals surface area contributed by atoms with Gasteiger partial charge >= 0.3 is 0 Å². The second kappa shape index (κ2) is 8.69. The van der Waals surface area contributed by atoms with Crippen LogP contribution >= 0.6 is 11.3 Å². The summed E-state index contributed by atoms with van der Waals surface area (Å²) in [5, 5.41) is 7.68. The molecule has 158 valence electrons. The molecule has 4 aromatic rings. The highest BCUT2D eigenvalue weighted by molar-refractivity contribution is 7.22. The van der Waals surface area contributed by atoms with Crippen LogP contribution in [0.2, 0.25) is 0 Å². The van der Waals surface area contributed by atoms with Crippen LogP contribution in [0.3, 0.4) is 0 Å². The number of thiazole rings is 1. The number of fused-ring (bicyclic) bond motifs is 1. The minimum absolute atomic E-state index is 0.343. The lowest BCUT2D eigenvalue weighted by Crippen LogP contribution is -2.33. The molecule has 0 radical (unpaired) electrons. The molecular weight excluding hydrogens is 412 g/mol. The molecule has 0 aliphatic carbocycles. The molecule has 0 fully saturated rings. The normalized spacial score (nSPS) is 12.0. The first-order chi connectivity index (χ1) is 14.9. The van der Waals surface area contributed by atoms with Gasteiger partial charge < -0.3 is 10.1 Å². The van der Waals surface area contributed by atoms with Gasteiger partial charge in [-0.1, -0.05) is 41.2 Å². The second-order valence-corrected chi connectivity index (χ2v) is 8.14. The Kier molecular flexibility index (Phi) is 5.81. The number of carbonyl (C=O) groups is 1. The van der Waals surface area contributed by atoms with E-state index < -0.39 is 6.04 Å². The lowest BCUT2D eigenvalue weighted by Gasteiger charge is -2.14. The second-order valence-electron chi connectivity index (χ2n) is 7.11. The van der Waals surface area contributed by atoms with Crippen molar-refractivity contribution in [2.75, 3.05) is 11.9 Å². The summed E-state index contributed by atoms with van der Waals surface area (Å²) in [4.78, 5) is 29.7. The maximum absolute atomic E-state index is 12.8. The quantitative estimate of drug-likeness (QED) is 0.485. The van der Waals surface area contributed by atoms with Gasteiger partial charge in [-0.2, -0.15) is 5.10 Å². The minimum atomic E-state index is -0.802. The fraction of sp³-hybridized carbons (Fsp3) is 0.217. The lowest BCUT2D eigenvalue weighted by molar-refractivity contribution is -0.119. The van der Waals surface area contributed by atoms with Crippen LogP contribution in [0, 0.1) is 6.92 Å². The predicted molar refractivity (Wildman–Crippen MR) is 123 cm³/mol. The molecule has 7 nitrogen and oxygen atoms in total. The van der Waals surface area contributed by atoms with Crippen LogP contribution < -0.4 is 15.6 Å². The van der Waals surface area contributed by atoms with E-state index in [2.05, 4.69) is 15.4 Å². The Morgan fingerprint density at radius 1 is 1.16 bits per heavy atom. The first-order valence-corrected chi connectivity index (χ1v) is 10.8. The van der Waals surface area contributed by atoms with Crippen molar-refractivity contribution in [1.82, 2.24) is 14.8 Å². The maximum Gasteiger partial charge on any atom is 0.267 e. The molecule has 0 aliphatic rings. The van der Waals surface area contributed by atoms with E-state index in [1.807, 2.05) is 56.3 Å². The maximum atomic E-state index is 12.8. The number of nitrogens with zero attached hydrogens (tertiary/aromatic N) is 3. The highest BCUT2D eigenvalue weighted by Crippen LogP contribution is 2.29. The van der Waals surface area contributed by atoms with Crippen molar-refractivity contribution in [3.8, 4) is 17.0 Å². The number of nitrogens with one attached hydrogen (secondary N) is 1. The molecule has 0 saturated heterocycles. The number of aryl methyl sites for hydroxylation is 1. The Hall–Kier alpha value is -3.52. The smallest absolute Gasteiger partial charge is 0.267 e. The molecule has 0 spiro atoms. The van der Waals surface area contributed by atoms with E-state index in [4.69, 9.17) is 4.74 Å². The van der Waals surface area contributed by atoms with Gasteiger partial charge in [-0.15, -0.1) is 0 Å². The molecule has 0 unspecified atom stereocenters. The van der Waals surface area contributed by atoms with Crippen LogP contribution in [0.1, 0.15) is 25.5 Å². The van der Waals surface area contributed by atoms with Gasteiger partial charge in [0.25, 0.3) is 11.5 Å². The van der Waals surface area contributed by atoms with Gasteiger partial charge in [0.2, 0.25) is 0 Å². The Labute approximate surface area is 183 Å². The Balaban J connectivity index is 1.56. The summed E-state index contributed by atoms with van der Waals surface area (Å²) in [6.45, 7) is 6.15. The fourth-order valence-corrected chi connectivity index (χ4v) is 4.01. The van der Waals surface area contributed by atoms with Gasteiger partial charge in [-0.3, -0.25) is 9.59 Å². The average molecular weight is 435 g/mol. The Bertz CT molecular complexity index is 1290. The number of anilines is 1. The van der Waals surface area contributed by atoms with Crippen molar-refractivity contribution in [2.45, 2.75) is 26.8 Å². The predicted octanol–water partition coefficient (Wildman–Crippen LogP) is 4.43. The zero-order valence-corrected chi connectivity index (χ0v) is 18.3. The van der Waals surface area contributed by atoms with Crippen molar-refractivity contribution in [3.05, 3.63) is 70.5 Å². The Morgan fingerprint density at radius 2 is 1.94 bits per heavy atom. The molecule has 0 bridgehead atoms. The van der Waals surface area contributed by atoms with E-state index in [1.54, 1.807) is 13.0 Å². The van der Waals surface area contributed by atoms with Crippen LogP contribution in [0.5, 0.6) is 5.75 Å². The van der Waals surface area contributed by atoms with Gasteiger partial charge in [0.15, 0.2) is 5.13 Å². The summed E-state index contributed by atoms with van der Waals surface area (Å²) in [5.74, 6) is 0.397. The summed E-state index contributed by atoms with van der Waals surface area (Å²) in [7, 11) is 0. The van der Waals surface area contributed by atoms with Crippen LogP contribution in [0.25, 0.3) is 21.5 Å². The number of carbonyl (C=O) groups excluding carboxylic acids is 1. The van der Waals surface area contributed by atoms with E-state index in [1.165, 1.54) is 22.1 Å². The zero-order chi connectivity index (χ0) is 22.0. The van der Waals surface area contributed by atoms with Gasteiger partial charge in [0.1, 0.15) is 11.8 Å². The molecule has 4 rings (SSSR count). The largest absolute Gasteiger partial charge is 0.494 e. The van der Waals surface area contributed by atoms with Crippen LogP contribution in [-0.4, -0.2) is 27.3 Å². The molecule has 2 aromatic carbocycles. The summed E-state index contributed by atoms with van der Waals surface area (Å²) >= 11 is 1.35. The highest BCUT2D eigenvalue weighted by Gasteiger charge is 2.20. The van der Waals surface area contributed by atoms with Gasteiger partial charge in [-0.25, -0.2) is 9.67 Å². The molecule has 0 aliphatic heterocycles. The van der Waals surface area contributed by atoms with Crippen molar-refractivity contribution in [3.63, 3.8) is 0 Å². The first-order valence-electron chi connectivity index (χ1n) is 9.96. The van der Waals surface area contributed by atoms with E-state index in [-0.39, 0.29) is 11.5 Å². The number of amides is 1. The number of aromatic nitrogens is 3. The number of ether oxygens (including phenoxy) is 1. The SMILES string of the molecule is CCOc1ccc2nc(NC(=O)[C@H](C)n3nc(-c4ccc(C)cc4)ccc3=O)sc2c1. The number of rotatable bonds is 6. The van der Waals surface area contributed by atoms with E-state index in [0.29, 0.717) is 17.4 Å². The summed E-state index contributed by atoms with van der Waals surface area (Å²) in [6.07, 6.45) is 0. The molecule has 31 heavy (non-hydrogen) atoms. The topological polar surface area (TPSA) is 86.1 Å². The molecule has 2 heterocycles. The highest BCUT2D eigenvalue weighted by atomic mass is 32.1. The molecule has 0 saturated carbocycles. The average Bonchev–Trinajstić information content (AvgIpc) is 3.16. The van der Waals surface area contributed by atoms with Crippen molar-refractivity contribution in [1.29, 1.82) is 0 Å².